The summed E-state index contributed by atoms with van der Waals surface area (Å²) in [6, 6.07) is 0. The number of aromatic nitrogens is 2. The van der Waals surface area contributed by atoms with Gasteiger partial charge in [-0.3, -0.25) is 10.1 Å². The van der Waals surface area contributed by atoms with Crippen LogP contribution in [0.25, 0.3) is 0 Å². The second-order valence-corrected chi connectivity index (χ2v) is 4.62. The van der Waals surface area contributed by atoms with Crippen LogP contribution in [0, 0.1) is 12.8 Å². The summed E-state index contributed by atoms with van der Waals surface area (Å²) >= 11 is 0. The molecule has 1 aromatic rings. The first-order valence-electron chi connectivity index (χ1n) is 6.23. The van der Waals surface area contributed by atoms with Crippen LogP contribution in [0.3, 0.4) is 0 Å². The average Bonchev–Trinajstić information content (AvgIpc) is 2.67. The first-order chi connectivity index (χ1) is 8.29. The van der Waals surface area contributed by atoms with Gasteiger partial charge in [0, 0.05) is 31.4 Å². The molecule has 0 radical (unpaired) electrons. The number of aliphatic imine (C=N–C) groups is 1. The topological polar surface area (TPSA) is 65.1 Å². The number of rotatable bonds is 4. The summed E-state index contributed by atoms with van der Waals surface area (Å²) in [4.78, 5) is 4.21. The zero-order valence-electron chi connectivity index (χ0n) is 11.0. The fraction of sp³-hybridized carbons (Fsp3) is 0.667. The number of hydrogen-bond donors (Lipinski definition) is 3. The average molecular weight is 363 g/mol. The van der Waals surface area contributed by atoms with Crippen molar-refractivity contribution in [3.8, 4) is 0 Å². The quantitative estimate of drug-likeness (QED) is 0.434. The van der Waals surface area contributed by atoms with Crippen LogP contribution in [-0.4, -0.2) is 29.7 Å². The van der Waals surface area contributed by atoms with E-state index in [9.17, 15) is 0 Å². The Morgan fingerprint density at radius 1 is 1.50 bits per heavy atom. The first kappa shape index (κ1) is 15.3. The van der Waals surface area contributed by atoms with Crippen molar-refractivity contribution in [3.05, 3.63) is 17.5 Å². The number of H-pyrrole nitrogens is 1. The Bertz CT molecular complexity index is 384. The van der Waals surface area contributed by atoms with Gasteiger partial charge < -0.3 is 10.6 Å². The standard InChI is InChI=1S/C12H21N5.HI/c1-9-11(8-16-17-9)7-15-12(13-2)14-6-10-4-3-5-10;/h8,10H,3-7H2,1-2H3,(H,16,17)(H2,13,14,15);1H. The molecule has 18 heavy (non-hydrogen) atoms. The minimum Gasteiger partial charge on any atom is -0.356 e. The Labute approximate surface area is 125 Å². The summed E-state index contributed by atoms with van der Waals surface area (Å²) in [5.41, 5.74) is 2.28. The van der Waals surface area contributed by atoms with Gasteiger partial charge in [-0.25, -0.2) is 0 Å². The van der Waals surface area contributed by atoms with Crippen molar-refractivity contribution in [2.75, 3.05) is 13.6 Å². The largest absolute Gasteiger partial charge is 0.356 e. The minimum atomic E-state index is 0. The van der Waals surface area contributed by atoms with Crippen molar-refractivity contribution >= 4 is 29.9 Å². The summed E-state index contributed by atoms with van der Waals surface area (Å²) in [6.07, 6.45) is 5.93. The summed E-state index contributed by atoms with van der Waals surface area (Å²) in [6.45, 7) is 3.81. The van der Waals surface area contributed by atoms with Gasteiger partial charge in [0.1, 0.15) is 0 Å². The van der Waals surface area contributed by atoms with E-state index in [1.54, 1.807) is 7.05 Å². The van der Waals surface area contributed by atoms with Crippen LogP contribution in [0.15, 0.2) is 11.2 Å². The number of aryl methyl sites for hydroxylation is 1. The van der Waals surface area contributed by atoms with Crippen molar-refractivity contribution in [1.82, 2.24) is 20.8 Å². The highest BCUT2D eigenvalue weighted by molar-refractivity contribution is 14.0. The molecule has 0 spiro atoms. The van der Waals surface area contributed by atoms with E-state index in [1.807, 2.05) is 13.1 Å². The maximum absolute atomic E-state index is 4.21. The molecule has 1 heterocycles. The summed E-state index contributed by atoms with van der Waals surface area (Å²) in [5, 5.41) is 13.6. The molecule has 0 atom stereocenters. The molecule has 0 aliphatic heterocycles. The van der Waals surface area contributed by atoms with Crippen molar-refractivity contribution in [3.63, 3.8) is 0 Å². The third-order valence-corrected chi connectivity index (χ3v) is 3.39. The van der Waals surface area contributed by atoms with Crippen LogP contribution in [0.1, 0.15) is 30.5 Å². The van der Waals surface area contributed by atoms with E-state index in [0.29, 0.717) is 0 Å². The fourth-order valence-electron chi connectivity index (χ4n) is 1.89. The molecule has 6 heteroatoms. The number of guanidine groups is 1. The molecule has 0 aromatic carbocycles. The molecule has 102 valence electrons. The van der Waals surface area contributed by atoms with Crippen LogP contribution in [0.4, 0.5) is 0 Å². The highest BCUT2D eigenvalue weighted by Gasteiger charge is 2.17. The monoisotopic (exact) mass is 363 g/mol. The van der Waals surface area contributed by atoms with Gasteiger partial charge in [-0.05, 0) is 25.7 Å². The van der Waals surface area contributed by atoms with Gasteiger partial charge in [-0.15, -0.1) is 24.0 Å². The SMILES string of the molecule is CN=C(NCc1cn[nH]c1C)NCC1CCC1.I. The molecule has 1 aliphatic carbocycles. The summed E-state index contributed by atoms with van der Waals surface area (Å²) in [5.74, 6) is 1.71. The van der Waals surface area contributed by atoms with E-state index in [4.69, 9.17) is 0 Å². The molecule has 1 saturated carbocycles. The molecule has 3 N–H and O–H groups in total. The predicted octanol–water partition coefficient (Wildman–Crippen LogP) is 1.80. The van der Waals surface area contributed by atoms with Gasteiger partial charge in [0.25, 0.3) is 0 Å². The Morgan fingerprint density at radius 2 is 2.28 bits per heavy atom. The molecule has 1 aliphatic rings. The number of nitrogens with one attached hydrogen (secondary N) is 3. The molecule has 1 fully saturated rings. The molecular weight excluding hydrogens is 341 g/mol. The Hall–Kier alpha value is -0.790. The van der Waals surface area contributed by atoms with E-state index in [-0.39, 0.29) is 24.0 Å². The third kappa shape index (κ3) is 4.15. The van der Waals surface area contributed by atoms with Crippen LogP contribution < -0.4 is 10.6 Å². The van der Waals surface area contributed by atoms with Gasteiger partial charge in [0.15, 0.2) is 5.96 Å². The molecule has 5 nitrogen and oxygen atoms in total. The van der Waals surface area contributed by atoms with E-state index in [1.165, 1.54) is 24.8 Å². The van der Waals surface area contributed by atoms with Gasteiger partial charge in [-0.2, -0.15) is 5.10 Å². The van der Waals surface area contributed by atoms with Gasteiger partial charge >= 0.3 is 0 Å². The number of hydrogen-bond acceptors (Lipinski definition) is 2. The first-order valence-corrected chi connectivity index (χ1v) is 6.23. The second-order valence-electron chi connectivity index (χ2n) is 4.62. The summed E-state index contributed by atoms with van der Waals surface area (Å²) in [7, 11) is 1.80. The molecule has 0 amide bonds. The lowest BCUT2D eigenvalue weighted by Crippen LogP contribution is -2.40. The normalized spacial score (nSPS) is 15.8. The maximum Gasteiger partial charge on any atom is 0.191 e. The summed E-state index contributed by atoms with van der Waals surface area (Å²) < 4.78 is 0. The molecular formula is C12H22IN5. The van der Waals surface area contributed by atoms with Gasteiger partial charge in [0.2, 0.25) is 0 Å². The second kappa shape index (κ2) is 7.60. The van der Waals surface area contributed by atoms with E-state index in [0.717, 1.165) is 30.7 Å². The molecule has 2 rings (SSSR count). The van der Waals surface area contributed by atoms with Crippen molar-refractivity contribution in [2.45, 2.75) is 32.7 Å². The molecule has 0 bridgehead atoms. The number of halogens is 1. The van der Waals surface area contributed by atoms with E-state index < -0.39 is 0 Å². The van der Waals surface area contributed by atoms with Crippen molar-refractivity contribution in [1.29, 1.82) is 0 Å². The third-order valence-electron chi connectivity index (χ3n) is 3.39. The van der Waals surface area contributed by atoms with Crippen LogP contribution in [0.5, 0.6) is 0 Å². The van der Waals surface area contributed by atoms with Crippen molar-refractivity contribution < 1.29 is 0 Å². The number of aromatic amines is 1. The Kier molecular flexibility index (Phi) is 6.45. The Balaban J connectivity index is 0.00000162. The van der Waals surface area contributed by atoms with Gasteiger partial charge in [-0.1, -0.05) is 6.42 Å². The predicted molar refractivity (Wildman–Crippen MR) is 84.3 cm³/mol. The number of nitrogens with zero attached hydrogens (tertiary/aromatic N) is 2. The highest BCUT2D eigenvalue weighted by atomic mass is 127. The highest BCUT2D eigenvalue weighted by Crippen LogP contribution is 2.24. The molecule has 1 aromatic heterocycles. The smallest absolute Gasteiger partial charge is 0.191 e. The fourth-order valence-corrected chi connectivity index (χ4v) is 1.89. The molecule has 0 saturated heterocycles. The lowest BCUT2D eigenvalue weighted by atomic mass is 9.85. The zero-order chi connectivity index (χ0) is 12.1. The van der Waals surface area contributed by atoms with Crippen LogP contribution in [-0.2, 0) is 6.54 Å². The zero-order valence-corrected chi connectivity index (χ0v) is 13.3. The minimum absolute atomic E-state index is 0. The Morgan fingerprint density at radius 3 is 2.78 bits per heavy atom. The lowest BCUT2D eigenvalue weighted by molar-refractivity contribution is 0.314. The van der Waals surface area contributed by atoms with Crippen LogP contribution in [0.2, 0.25) is 0 Å². The lowest BCUT2D eigenvalue weighted by Gasteiger charge is -2.26. The van der Waals surface area contributed by atoms with Gasteiger partial charge in [0.05, 0.1) is 6.20 Å². The van der Waals surface area contributed by atoms with Crippen molar-refractivity contribution in [2.24, 2.45) is 10.9 Å². The maximum atomic E-state index is 4.21. The molecule has 0 unspecified atom stereocenters. The van der Waals surface area contributed by atoms with Crippen LogP contribution >= 0.6 is 24.0 Å². The van der Waals surface area contributed by atoms with E-state index in [2.05, 4.69) is 25.8 Å². The van der Waals surface area contributed by atoms with E-state index >= 15 is 0 Å².